The summed E-state index contributed by atoms with van der Waals surface area (Å²) in [6.45, 7) is 0. The molecule has 0 saturated carbocycles. The fraction of sp³-hybridized carbons (Fsp3) is 0. The van der Waals surface area contributed by atoms with Crippen LogP contribution in [0.3, 0.4) is 0 Å². The number of hydrogen-bond acceptors (Lipinski definition) is 1. The van der Waals surface area contributed by atoms with E-state index in [0.717, 1.165) is 12.1 Å². The standard InChI is InChI=1S/C12H9F2N/c13-10-6-9(15)7-11(14)12(10)8-4-2-1-3-5-8/h1-7H,15H2. The van der Waals surface area contributed by atoms with Crippen LogP contribution in [0.25, 0.3) is 11.1 Å². The highest BCUT2D eigenvalue weighted by Gasteiger charge is 2.11. The van der Waals surface area contributed by atoms with Gasteiger partial charge in [0.15, 0.2) is 0 Å². The van der Waals surface area contributed by atoms with E-state index in [9.17, 15) is 8.78 Å². The predicted octanol–water partition coefficient (Wildman–Crippen LogP) is 3.21. The summed E-state index contributed by atoms with van der Waals surface area (Å²) in [7, 11) is 0. The lowest BCUT2D eigenvalue weighted by atomic mass is 10.0. The molecular weight excluding hydrogens is 196 g/mol. The fourth-order valence-electron chi connectivity index (χ4n) is 1.47. The average Bonchev–Trinajstić information content (AvgIpc) is 2.17. The number of benzene rings is 2. The van der Waals surface area contributed by atoms with Gasteiger partial charge < -0.3 is 5.73 Å². The highest BCUT2D eigenvalue weighted by molar-refractivity contribution is 5.67. The molecule has 2 aromatic rings. The third kappa shape index (κ3) is 1.81. The van der Waals surface area contributed by atoms with Gasteiger partial charge in [-0.15, -0.1) is 0 Å². The zero-order chi connectivity index (χ0) is 10.8. The Morgan fingerprint density at radius 2 is 1.40 bits per heavy atom. The summed E-state index contributed by atoms with van der Waals surface area (Å²) in [6.07, 6.45) is 0. The summed E-state index contributed by atoms with van der Waals surface area (Å²) in [5, 5.41) is 0. The Morgan fingerprint density at radius 3 is 1.93 bits per heavy atom. The Bertz CT molecular complexity index is 457. The SMILES string of the molecule is Nc1cc(F)c(-c2ccccc2)c(F)c1. The minimum absolute atomic E-state index is 0.0372. The van der Waals surface area contributed by atoms with Crippen LogP contribution in [0.1, 0.15) is 0 Å². The highest BCUT2D eigenvalue weighted by atomic mass is 19.1. The first kappa shape index (κ1) is 9.65. The molecular formula is C12H9F2N. The van der Waals surface area contributed by atoms with Crippen LogP contribution in [-0.4, -0.2) is 0 Å². The summed E-state index contributed by atoms with van der Waals surface area (Å²) < 4.78 is 27.0. The quantitative estimate of drug-likeness (QED) is 0.711. The fourth-order valence-corrected chi connectivity index (χ4v) is 1.47. The molecule has 0 unspecified atom stereocenters. The van der Waals surface area contributed by atoms with E-state index in [-0.39, 0.29) is 11.3 Å². The van der Waals surface area contributed by atoms with E-state index < -0.39 is 11.6 Å². The second-order valence-electron chi connectivity index (χ2n) is 3.23. The smallest absolute Gasteiger partial charge is 0.136 e. The maximum atomic E-state index is 13.5. The molecule has 0 spiro atoms. The van der Waals surface area contributed by atoms with Crippen molar-refractivity contribution in [1.29, 1.82) is 0 Å². The number of nitrogen functional groups attached to an aromatic ring is 1. The molecule has 0 atom stereocenters. The van der Waals surface area contributed by atoms with Gasteiger partial charge in [0.05, 0.1) is 5.56 Å². The number of anilines is 1. The molecule has 3 heteroatoms. The number of hydrogen-bond donors (Lipinski definition) is 1. The first-order valence-electron chi connectivity index (χ1n) is 4.48. The van der Waals surface area contributed by atoms with E-state index >= 15 is 0 Å². The number of halogens is 2. The zero-order valence-corrected chi connectivity index (χ0v) is 7.87. The Balaban J connectivity index is 2.64. The first-order valence-corrected chi connectivity index (χ1v) is 4.48. The van der Waals surface area contributed by atoms with Crippen molar-refractivity contribution in [3.8, 4) is 11.1 Å². The van der Waals surface area contributed by atoms with Gasteiger partial charge in [-0.05, 0) is 17.7 Å². The molecule has 0 aliphatic carbocycles. The van der Waals surface area contributed by atoms with Crippen LogP contribution in [0.5, 0.6) is 0 Å². The monoisotopic (exact) mass is 205 g/mol. The van der Waals surface area contributed by atoms with Crippen molar-refractivity contribution in [2.45, 2.75) is 0 Å². The Labute approximate surface area is 86.2 Å². The number of rotatable bonds is 1. The van der Waals surface area contributed by atoms with E-state index in [0.29, 0.717) is 5.56 Å². The molecule has 0 fully saturated rings. The van der Waals surface area contributed by atoms with Gasteiger partial charge in [-0.3, -0.25) is 0 Å². The van der Waals surface area contributed by atoms with E-state index in [1.807, 2.05) is 0 Å². The molecule has 0 radical (unpaired) electrons. The van der Waals surface area contributed by atoms with E-state index in [4.69, 9.17) is 5.73 Å². The molecule has 0 aliphatic heterocycles. The lowest BCUT2D eigenvalue weighted by Gasteiger charge is -2.05. The lowest BCUT2D eigenvalue weighted by Crippen LogP contribution is -1.94. The Kier molecular flexibility index (Phi) is 2.37. The Hall–Kier alpha value is -1.90. The number of nitrogens with two attached hydrogens (primary N) is 1. The molecule has 0 aliphatic rings. The summed E-state index contributed by atoms with van der Waals surface area (Å²) in [6, 6.07) is 10.8. The first-order chi connectivity index (χ1) is 7.18. The predicted molar refractivity (Wildman–Crippen MR) is 56.2 cm³/mol. The topological polar surface area (TPSA) is 26.0 Å². The van der Waals surface area contributed by atoms with Gasteiger partial charge in [0.2, 0.25) is 0 Å². The maximum absolute atomic E-state index is 13.5. The molecule has 76 valence electrons. The summed E-state index contributed by atoms with van der Waals surface area (Å²) >= 11 is 0. The van der Waals surface area contributed by atoms with E-state index in [2.05, 4.69) is 0 Å². The molecule has 2 rings (SSSR count). The average molecular weight is 205 g/mol. The van der Waals surface area contributed by atoms with Crippen LogP contribution in [0, 0.1) is 11.6 Å². The maximum Gasteiger partial charge on any atom is 0.136 e. The van der Waals surface area contributed by atoms with Gasteiger partial charge in [-0.1, -0.05) is 30.3 Å². The molecule has 0 heterocycles. The van der Waals surface area contributed by atoms with Gasteiger partial charge in [-0.2, -0.15) is 0 Å². The van der Waals surface area contributed by atoms with Crippen LogP contribution in [-0.2, 0) is 0 Å². The van der Waals surface area contributed by atoms with Crippen molar-refractivity contribution >= 4 is 5.69 Å². The summed E-state index contributed by atoms with van der Waals surface area (Å²) in [5.74, 6) is -1.28. The van der Waals surface area contributed by atoms with Gasteiger partial charge in [0.1, 0.15) is 11.6 Å². The van der Waals surface area contributed by atoms with E-state index in [1.165, 1.54) is 0 Å². The Morgan fingerprint density at radius 1 is 0.867 bits per heavy atom. The van der Waals surface area contributed by atoms with E-state index in [1.54, 1.807) is 30.3 Å². The van der Waals surface area contributed by atoms with Gasteiger partial charge >= 0.3 is 0 Å². The largest absolute Gasteiger partial charge is 0.399 e. The van der Waals surface area contributed by atoms with Crippen LogP contribution >= 0.6 is 0 Å². The van der Waals surface area contributed by atoms with Gasteiger partial charge in [0, 0.05) is 5.69 Å². The van der Waals surface area contributed by atoms with Crippen molar-refractivity contribution in [2.24, 2.45) is 0 Å². The molecule has 0 amide bonds. The van der Waals surface area contributed by atoms with Crippen molar-refractivity contribution in [2.75, 3.05) is 5.73 Å². The van der Waals surface area contributed by atoms with Crippen LogP contribution < -0.4 is 5.73 Å². The third-order valence-electron chi connectivity index (χ3n) is 2.13. The van der Waals surface area contributed by atoms with Gasteiger partial charge in [-0.25, -0.2) is 8.78 Å². The summed E-state index contributed by atoms with van der Waals surface area (Å²) in [5.41, 5.74) is 5.88. The van der Waals surface area contributed by atoms with Crippen molar-refractivity contribution in [3.05, 3.63) is 54.1 Å². The highest BCUT2D eigenvalue weighted by Crippen LogP contribution is 2.27. The molecule has 0 saturated heterocycles. The normalized spacial score (nSPS) is 10.3. The van der Waals surface area contributed by atoms with Crippen LogP contribution in [0.4, 0.5) is 14.5 Å². The molecule has 0 aromatic heterocycles. The van der Waals surface area contributed by atoms with Crippen molar-refractivity contribution < 1.29 is 8.78 Å². The molecule has 0 bridgehead atoms. The molecule has 2 aromatic carbocycles. The second kappa shape index (κ2) is 3.69. The van der Waals surface area contributed by atoms with Crippen molar-refractivity contribution in [1.82, 2.24) is 0 Å². The third-order valence-corrected chi connectivity index (χ3v) is 2.13. The minimum atomic E-state index is -0.640. The molecule has 15 heavy (non-hydrogen) atoms. The lowest BCUT2D eigenvalue weighted by molar-refractivity contribution is 0.591. The minimum Gasteiger partial charge on any atom is -0.399 e. The van der Waals surface area contributed by atoms with Crippen molar-refractivity contribution in [3.63, 3.8) is 0 Å². The second-order valence-corrected chi connectivity index (χ2v) is 3.23. The molecule has 2 N–H and O–H groups in total. The molecule has 1 nitrogen and oxygen atoms in total. The summed E-state index contributed by atoms with van der Waals surface area (Å²) in [4.78, 5) is 0. The van der Waals surface area contributed by atoms with Gasteiger partial charge in [0.25, 0.3) is 0 Å². The zero-order valence-electron chi connectivity index (χ0n) is 7.87. The van der Waals surface area contributed by atoms with Crippen LogP contribution in [0.15, 0.2) is 42.5 Å². The van der Waals surface area contributed by atoms with Crippen LogP contribution in [0.2, 0.25) is 0 Å².